The van der Waals surface area contributed by atoms with Crippen LogP contribution >= 0.6 is 0 Å². The molecule has 1 amide bonds. The molecule has 118 heavy (non-hydrogen) atoms. The van der Waals surface area contributed by atoms with E-state index in [0.29, 0.717) is 0 Å². The number of aliphatic hydroxyl groups excluding tert-OH is 3. The number of hydrogen-bond donors (Lipinski definition) is 4. The van der Waals surface area contributed by atoms with Crippen LogP contribution in [-0.2, 0) is 152 Å². The summed E-state index contributed by atoms with van der Waals surface area (Å²) in [5.41, 5.74) is 6.74. The maximum atomic E-state index is 14.0. The standard InChI is InChI=1S/C93H109NO24/c1-7-48-101-89-74(94-62(5)96)81(75(98)72(49-95)113-89)115-93-88(112-63(6)97)85(79(61(4)111-93)104-53-67-38-22-11-23-39-67)117-92-87(83(106-55-69-42-26-13-27-43-69)78(60(3)110-92)103-52-66-36-20-10-21-37-66)118-90-76(99)82(77(59(2)109-90)102-51-65-34-18-9-19-35-65)116-91-86(108-57-71-46-30-15-31-47-71)84(107-56-70-44-28-14-29-45-70)80(105-54-68-40-24-12-25-41-68)73(114-91)58-100-50-64-32-16-8-17-33-64/h7-47,59-61,72-93,95,98-99H,1,48-58H2,2-6H3,(H,94,96)/t59-,60-,61-,72+,73+,74+,75+,76+,77-,78-,79-,80+,81+,82-,83+,84-,85+,86+,87+,88+,89+,90-,91+,92-,93-/m0/s1. The number of carbonyl (C=O) groups excluding carboxylic acids is 2. The molecule has 0 spiro atoms. The molecule has 8 aromatic rings. The molecule has 4 N–H and O–H groups in total. The Morgan fingerprint density at radius 1 is 0.347 bits per heavy atom. The number of ether oxygens (including phenoxy) is 19. The van der Waals surface area contributed by atoms with E-state index in [2.05, 4.69) is 11.9 Å². The molecule has 5 aliphatic heterocycles. The van der Waals surface area contributed by atoms with Gasteiger partial charge in [0.2, 0.25) is 5.91 Å². The number of esters is 1. The van der Waals surface area contributed by atoms with Gasteiger partial charge in [0.1, 0.15) is 97.6 Å². The molecule has 5 heterocycles. The molecule has 5 saturated heterocycles. The van der Waals surface area contributed by atoms with Crippen LogP contribution in [0.25, 0.3) is 0 Å². The van der Waals surface area contributed by atoms with E-state index in [-0.39, 0.29) is 66.1 Å². The van der Waals surface area contributed by atoms with Crippen molar-refractivity contribution < 1.29 is 115 Å². The zero-order valence-electron chi connectivity index (χ0n) is 67.0. The van der Waals surface area contributed by atoms with Crippen LogP contribution in [0.2, 0.25) is 0 Å². The highest BCUT2D eigenvalue weighted by atomic mass is 16.8. The Bertz CT molecular complexity index is 4240. The molecule has 630 valence electrons. The second kappa shape index (κ2) is 44.2. The van der Waals surface area contributed by atoms with E-state index in [1.165, 1.54) is 19.9 Å². The minimum Gasteiger partial charge on any atom is -0.454 e. The molecule has 25 atom stereocenters. The van der Waals surface area contributed by atoms with E-state index < -0.39 is 172 Å². The molecule has 0 aliphatic carbocycles. The molecule has 5 aliphatic rings. The normalized spacial score (nSPS) is 31.0. The molecular weight excluding hydrogens is 1520 g/mol. The fraction of sp³-hybridized carbons (Fsp3) is 0.441. The summed E-state index contributed by atoms with van der Waals surface area (Å²) >= 11 is 0. The van der Waals surface area contributed by atoms with Crippen molar-refractivity contribution in [1.82, 2.24) is 5.32 Å². The van der Waals surface area contributed by atoms with Gasteiger partial charge in [-0.25, -0.2) is 0 Å². The molecule has 25 nitrogen and oxygen atoms in total. The van der Waals surface area contributed by atoms with Gasteiger partial charge in [-0.3, -0.25) is 9.59 Å². The number of nitrogens with one attached hydrogen (secondary N) is 1. The Hall–Kier alpha value is -8.40. The highest BCUT2D eigenvalue weighted by molar-refractivity contribution is 5.73. The Kier molecular flexibility index (Phi) is 32.8. The second-order valence-electron chi connectivity index (χ2n) is 30.0. The lowest BCUT2D eigenvalue weighted by Gasteiger charge is -2.52. The molecule has 8 aromatic carbocycles. The molecular formula is C93H109NO24. The first-order valence-corrected chi connectivity index (χ1v) is 40.4. The zero-order chi connectivity index (χ0) is 82.1. The predicted molar refractivity (Wildman–Crippen MR) is 429 cm³/mol. The highest BCUT2D eigenvalue weighted by Gasteiger charge is 2.60. The number of aliphatic hydroxyl groups is 3. The minimum atomic E-state index is -1.81. The number of amides is 1. The van der Waals surface area contributed by atoms with E-state index in [1.54, 1.807) is 13.8 Å². The maximum absolute atomic E-state index is 14.0. The topological polar surface area (TPSA) is 282 Å². The van der Waals surface area contributed by atoms with Crippen LogP contribution in [-0.4, -0.2) is 200 Å². The number of rotatable bonds is 39. The largest absolute Gasteiger partial charge is 0.454 e. The quantitative estimate of drug-likeness (QED) is 0.0206. The third kappa shape index (κ3) is 23.8. The number of carbonyl (C=O) groups is 2. The van der Waals surface area contributed by atoms with Crippen LogP contribution < -0.4 is 5.32 Å². The predicted octanol–water partition coefficient (Wildman–Crippen LogP) is 10.9. The molecule has 5 fully saturated rings. The van der Waals surface area contributed by atoms with Gasteiger partial charge in [0, 0.05) is 13.8 Å². The van der Waals surface area contributed by atoms with Crippen molar-refractivity contribution in [3.63, 3.8) is 0 Å². The van der Waals surface area contributed by atoms with Gasteiger partial charge in [-0.1, -0.05) is 249 Å². The third-order valence-corrected chi connectivity index (χ3v) is 21.3. The molecule has 0 aromatic heterocycles. The fourth-order valence-electron chi connectivity index (χ4n) is 15.4. The second-order valence-corrected chi connectivity index (χ2v) is 30.0. The monoisotopic (exact) mass is 1620 g/mol. The Balaban J connectivity index is 0.917. The van der Waals surface area contributed by atoms with Gasteiger partial charge < -0.3 is 111 Å². The van der Waals surface area contributed by atoms with E-state index in [1.807, 2.05) is 250 Å². The molecule has 0 unspecified atom stereocenters. The van der Waals surface area contributed by atoms with Gasteiger partial charge in [-0.05, 0) is 65.3 Å². The van der Waals surface area contributed by atoms with Gasteiger partial charge in [0.15, 0.2) is 37.6 Å². The molecule has 0 saturated carbocycles. The van der Waals surface area contributed by atoms with Crippen LogP contribution in [0.3, 0.4) is 0 Å². The van der Waals surface area contributed by atoms with Crippen LogP contribution in [0.5, 0.6) is 0 Å². The summed E-state index contributed by atoms with van der Waals surface area (Å²) in [7, 11) is 0. The first-order valence-electron chi connectivity index (χ1n) is 40.4. The molecule has 0 radical (unpaired) electrons. The van der Waals surface area contributed by atoms with E-state index in [0.717, 1.165) is 44.5 Å². The van der Waals surface area contributed by atoms with Crippen LogP contribution in [0, 0.1) is 0 Å². The summed E-state index contributed by atoms with van der Waals surface area (Å²) in [6.07, 6.45) is -29.7. The Labute approximate surface area is 689 Å². The van der Waals surface area contributed by atoms with E-state index in [9.17, 15) is 24.9 Å². The smallest absolute Gasteiger partial charge is 0.303 e. The first kappa shape index (κ1) is 87.4. The summed E-state index contributed by atoms with van der Waals surface area (Å²) in [5.74, 6) is -1.35. The van der Waals surface area contributed by atoms with E-state index in [4.69, 9.17) is 90.0 Å². The lowest BCUT2D eigenvalue weighted by atomic mass is 9.94. The van der Waals surface area contributed by atoms with Crippen molar-refractivity contribution in [2.75, 3.05) is 19.8 Å². The van der Waals surface area contributed by atoms with Crippen LogP contribution in [0.4, 0.5) is 0 Å². The van der Waals surface area contributed by atoms with E-state index >= 15 is 0 Å². The number of benzene rings is 8. The molecule has 13 rings (SSSR count). The Morgan fingerprint density at radius 3 is 1.08 bits per heavy atom. The summed E-state index contributed by atoms with van der Waals surface area (Å²) < 4.78 is 133. The van der Waals surface area contributed by atoms with Gasteiger partial charge in [-0.15, -0.1) is 6.58 Å². The summed E-state index contributed by atoms with van der Waals surface area (Å²) in [5, 5.41) is 39.7. The van der Waals surface area contributed by atoms with Crippen molar-refractivity contribution in [3.8, 4) is 0 Å². The summed E-state index contributed by atoms with van der Waals surface area (Å²) in [6.45, 7) is 11.5. The first-order chi connectivity index (χ1) is 57.6. The number of hydrogen-bond acceptors (Lipinski definition) is 24. The summed E-state index contributed by atoms with van der Waals surface area (Å²) in [4.78, 5) is 27.2. The van der Waals surface area contributed by atoms with Crippen molar-refractivity contribution in [2.45, 2.75) is 241 Å². The van der Waals surface area contributed by atoms with Crippen molar-refractivity contribution in [2.24, 2.45) is 0 Å². The minimum absolute atomic E-state index is 0.0108. The van der Waals surface area contributed by atoms with Crippen LogP contribution in [0.1, 0.15) is 79.1 Å². The highest BCUT2D eigenvalue weighted by Crippen LogP contribution is 2.42. The summed E-state index contributed by atoms with van der Waals surface area (Å²) in [6, 6.07) is 76.0. The lowest BCUT2D eigenvalue weighted by molar-refractivity contribution is -0.404. The lowest BCUT2D eigenvalue weighted by Crippen LogP contribution is -2.69. The molecule has 25 heteroatoms. The van der Waals surface area contributed by atoms with Gasteiger partial charge >= 0.3 is 5.97 Å². The van der Waals surface area contributed by atoms with Crippen molar-refractivity contribution in [3.05, 3.63) is 300 Å². The van der Waals surface area contributed by atoms with Gasteiger partial charge in [-0.2, -0.15) is 0 Å². The molecule has 0 bridgehead atoms. The Morgan fingerprint density at radius 2 is 0.669 bits per heavy atom. The SMILES string of the molecule is C=CCO[C@@H]1O[C@H](CO)[C@@H](O)[C@H](O[C@@H]2O[C@@H](C)[C@H](OCc3ccccc3)[C@@H](O[C@@H]3O[C@@H](C)[C@H](OCc4ccccc4)[C@@H](OCc4ccccc4)[C@H]3O[C@@H]3O[C@@H](C)[C@H](OCc4ccccc4)[C@@H](O[C@H]4O[C@H](COCc5ccccc5)[C@@H](OCc5ccccc5)[C@H](OCc5ccccc5)[C@H]4OCc4ccccc4)[C@H]3O)[C@H]2OC(C)=O)[C@H]1NC(C)=O. The van der Waals surface area contributed by atoms with Crippen LogP contribution in [0.15, 0.2) is 255 Å². The average Bonchev–Trinajstić information content (AvgIpc) is 0.761. The maximum Gasteiger partial charge on any atom is 0.303 e. The van der Waals surface area contributed by atoms with Gasteiger partial charge in [0.05, 0.1) is 91.0 Å². The van der Waals surface area contributed by atoms with Gasteiger partial charge in [0.25, 0.3) is 0 Å². The van der Waals surface area contributed by atoms with Crippen molar-refractivity contribution in [1.29, 1.82) is 0 Å². The zero-order valence-corrected chi connectivity index (χ0v) is 67.0. The third-order valence-electron chi connectivity index (χ3n) is 21.3. The fourth-order valence-corrected chi connectivity index (χ4v) is 15.4. The van der Waals surface area contributed by atoms with Crippen molar-refractivity contribution >= 4 is 11.9 Å². The average molecular weight is 1620 g/mol.